The highest BCUT2D eigenvalue weighted by molar-refractivity contribution is 6.00. The van der Waals surface area contributed by atoms with Crippen LogP contribution in [0.15, 0.2) is 31.0 Å². The second kappa shape index (κ2) is 8.39. The number of nitrogens with zero attached hydrogens (tertiary/aromatic N) is 5. The van der Waals surface area contributed by atoms with Crippen LogP contribution in [0.1, 0.15) is 31.4 Å². The summed E-state index contributed by atoms with van der Waals surface area (Å²) >= 11 is 0. The molecule has 1 saturated carbocycles. The predicted molar refractivity (Wildman–Crippen MR) is 125 cm³/mol. The number of imidazole rings is 1. The lowest BCUT2D eigenvalue weighted by Gasteiger charge is -2.39. The Morgan fingerprint density at radius 2 is 1.94 bits per heavy atom. The molecule has 9 heteroatoms. The standard InChI is InChI=1S/C24H28FN7O/c1-15-12-32-13-16(10-20(25)24(32)29-15)19-11-26-22-21(19)23(28-14-27-22)30-17-2-4-18(5-3-17)31-6-8-33-9-7-31/h10-14,17-18H,2-9H2,1H3,(H2,26,27,28,30)/t17-,18-. The molecular weight excluding hydrogens is 421 g/mol. The monoisotopic (exact) mass is 449 g/mol. The lowest BCUT2D eigenvalue weighted by Crippen LogP contribution is -2.46. The number of rotatable bonds is 4. The average Bonchev–Trinajstić information content (AvgIpc) is 3.44. The molecule has 0 unspecified atom stereocenters. The van der Waals surface area contributed by atoms with Crippen molar-refractivity contribution in [1.82, 2.24) is 29.2 Å². The summed E-state index contributed by atoms with van der Waals surface area (Å²) in [5.74, 6) is 0.455. The van der Waals surface area contributed by atoms with Gasteiger partial charge in [-0.05, 0) is 38.7 Å². The van der Waals surface area contributed by atoms with Crippen molar-refractivity contribution in [1.29, 1.82) is 0 Å². The second-order valence-corrected chi connectivity index (χ2v) is 9.14. The van der Waals surface area contributed by atoms with Gasteiger partial charge in [0.2, 0.25) is 0 Å². The van der Waals surface area contributed by atoms with Crippen LogP contribution in [0.25, 0.3) is 27.8 Å². The summed E-state index contributed by atoms with van der Waals surface area (Å²) in [6.45, 7) is 5.64. The van der Waals surface area contributed by atoms with Crippen LogP contribution in [0.4, 0.5) is 10.2 Å². The van der Waals surface area contributed by atoms with Crippen LogP contribution in [0, 0.1) is 12.7 Å². The van der Waals surface area contributed by atoms with Crippen LogP contribution in [0.2, 0.25) is 0 Å². The van der Waals surface area contributed by atoms with Gasteiger partial charge >= 0.3 is 0 Å². The number of hydrogen-bond donors (Lipinski definition) is 2. The lowest BCUT2D eigenvalue weighted by molar-refractivity contribution is 0.00791. The fourth-order valence-corrected chi connectivity index (χ4v) is 5.35. The van der Waals surface area contributed by atoms with Gasteiger partial charge in [-0.3, -0.25) is 4.90 Å². The molecule has 0 bridgehead atoms. The Hall–Kier alpha value is -3.04. The lowest BCUT2D eigenvalue weighted by atomic mass is 9.90. The molecule has 4 aromatic heterocycles. The number of hydrogen-bond acceptors (Lipinski definition) is 6. The van der Waals surface area contributed by atoms with E-state index in [-0.39, 0.29) is 5.82 Å². The Morgan fingerprint density at radius 3 is 2.76 bits per heavy atom. The van der Waals surface area contributed by atoms with E-state index in [4.69, 9.17) is 4.74 Å². The zero-order chi connectivity index (χ0) is 22.4. The molecule has 0 aromatic carbocycles. The maximum atomic E-state index is 14.8. The minimum atomic E-state index is -0.345. The van der Waals surface area contributed by atoms with Crippen LogP contribution in [-0.4, -0.2) is 67.6 Å². The number of halogens is 1. The van der Waals surface area contributed by atoms with E-state index < -0.39 is 0 Å². The molecule has 0 radical (unpaired) electrons. The zero-order valence-electron chi connectivity index (χ0n) is 18.7. The molecule has 1 aliphatic carbocycles. The van der Waals surface area contributed by atoms with Crippen molar-refractivity contribution in [2.75, 3.05) is 31.6 Å². The van der Waals surface area contributed by atoms with Crippen molar-refractivity contribution in [3.8, 4) is 11.1 Å². The van der Waals surface area contributed by atoms with Gasteiger partial charge in [0.25, 0.3) is 0 Å². The first-order valence-electron chi connectivity index (χ1n) is 11.7. The maximum absolute atomic E-state index is 14.8. The molecule has 1 saturated heterocycles. The minimum Gasteiger partial charge on any atom is -0.379 e. The number of aromatic nitrogens is 5. The summed E-state index contributed by atoms with van der Waals surface area (Å²) in [4.78, 5) is 19.1. The third-order valence-electron chi connectivity index (χ3n) is 7.01. The zero-order valence-corrected chi connectivity index (χ0v) is 18.7. The van der Waals surface area contributed by atoms with E-state index >= 15 is 0 Å². The molecule has 172 valence electrons. The summed E-state index contributed by atoms with van der Waals surface area (Å²) in [5, 5.41) is 4.56. The molecule has 2 aliphatic rings. The molecule has 2 N–H and O–H groups in total. The molecule has 5 heterocycles. The van der Waals surface area contributed by atoms with Crippen molar-refractivity contribution in [2.45, 2.75) is 44.7 Å². The van der Waals surface area contributed by atoms with Crippen LogP contribution < -0.4 is 5.32 Å². The number of anilines is 1. The Labute approximate surface area is 191 Å². The third kappa shape index (κ3) is 3.85. The second-order valence-electron chi connectivity index (χ2n) is 9.14. The third-order valence-corrected chi connectivity index (χ3v) is 7.01. The van der Waals surface area contributed by atoms with E-state index in [2.05, 4.69) is 30.2 Å². The van der Waals surface area contributed by atoms with Crippen LogP contribution >= 0.6 is 0 Å². The molecule has 33 heavy (non-hydrogen) atoms. The summed E-state index contributed by atoms with van der Waals surface area (Å²) in [5.41, 5.74) is 3.50. The first-order valence-corrected chi connectivity index (χ1v) is 11.7. The Morgan fingerprint density at radius 1 is 1.12 bits per heavy atom. The number of morpholine rings is 1. The highest BCUT2D eigenvalue weighted by atomic mass is 19.1. The van der Waals surface area contributed by atoms with Crippen LogP contribution in [0.5, 0.6) is 0 Å². The molecule has 0 amide bonds. The smallest absolute Gasteiger partial charge is 0.173 e. The average molecular weight is 450 g/mol. The van der Waals surface area contributed by atoms with Crippen molar-refractivity contribution >= 4 is 22.5 Å². The fourth-order valence-electron chi connectivity index (χ4n) is 5.35. The first kappa shape index (κ1) is 20.6. The number of H-pyrrole nitrogens is 1. The van der Waals surface area contributed by atoms with Gasteiger partial charge in [0, 0.05) is 54.9 Å². The normalized spacial score (nSPS) is 22.2. The van der Waals surface area contributed by atoms with E-state index in [1.807, 2.05) is 25.5 Å². The van der Waals surface area contributed by atoms with E-state index in [0.717, 1.165) is 72.8 Å². The highest BCUT2D eigenvalue weighted by Crippen LogP contribution is 2.34. The fraction of sp³-hybridized carbons (Fsp3) is 0.458. The van der Waals surface area contributed by atoms with Crippen molar-refractivity contribution in [3.05, 3.63) is 42.5 Å². The molecule has 1 aliphatic heterocycles. The van der Waals surface area contributed by atoms with Gasteiger partial charge in [-0.15, -0.1) is 0 Å². The van der Waals surface area contributed by atoms with Gasteiger partial charge in [0.05, 0.1) is 24.3 Å². The number of pyridine rings is 1. The first-order chi connectivity index (χ1) is 16.2. The number of fused-ring (bicyclic) bond motifs is 2. The molecule has 0 atom stereocenters. The van der Waals surface area contributed by atoms with Crippen molar-refractivity contribution in [3.63, 3.8) is 0 Å². The summed E-state index contributed by atoms with van der Waals surface area (Å²) in [6, 6.07) is 2.54. The Kier molecular flexibility index (Phi) is 5.22. The van der Waals surface area contributed by atoms with E-state index in [1.54, 1.807) is 10.7 Å². The van der Waals surface area contributed by atoms with Gasteiger partial charge in [-0.2, -0.15) is 0 Å². The van der Waals surface area contributed by atoms with E-state index in [1.165, 1.54) is 18.9 Å². The molecule has 8 nitrogen and oxygen atoms in total. The quantitative estimate of drug-likeness (QED) is 0.493. The van der Waals surface area contributed by atoms with Gasteiger partial charge in [0.1, 0.15) is 17.8 Å². The molecular formula is C24H28FN7O. The number of aromatic amines is 1. The molecule has 6 rings (SSSR count). The minimum absolute atomic E-state index is 0.336. The summed E-state index contributed by atoms with van der Waals surface area (Å²) in [7, 11) is 0. The van der Waals surface area contributed by atoms with Crippen molar-refractivity contribution < 1.29 is 9.13 Å². The Balaban J connectivity index is 1.27. The van der Waals surface area contributed by atoms with Crippen molar-refractivity contribution in [2.24, 2.45) is 0 Å². The van der Waals surface area contributed by atoms with Crippen LogP contribution in [-0.2, 0) is 4.74 Å². The number of aryl methyl sites for hydroxylation is 1. The molecule has 0 spiro atoms. The van der Waals surface area contributed by atoms with Crippen LogP contribution in [0.3, 0.4) is 0 Å². The van der Waals surface area contributed by atoms with Gasteiger partial charge in [0.15, 0.2) is 11.5 Å². The predicted octanol–water partition coefficient (Wildman–Crippen LogP) is 3.78. The highest BCUT2D eigenvalue weighted by Gasteiger charge is 2.27. The Bertz CT molecular complexity index is 1280. The molecule has 2 fully saturated rings. The van der Waals surface area contributed by atoms with Gasteiger partial charge in [-0.1, -0.05) is 0 Å². The van der Waals surface area contributed by atoms with E-state index in [9.17, 15) is 4.39 Å². The van der Waals surface area contributed by atoms with Gasteiger partial charge < -0.3 is 19.4 Å². The number of nitrogens with one attached hydrogen (secondary N) is 2. The largest absolute Gasteiger partial charge is 0.379 e. The summed E-state index contributed by atoms with van der Waals surface area (Å²) < 4.78 is 22.0. The SMILES string of the molecule is Cc1cn2cc(-c3c[nH]c4ncnc(N[C@H]5CC[C@H](N6CCOCC6)CC5)c34)cc(F)c2n1. The van der Waals surface area contributed by atoms with E-state index in [0.29, 0.717) is 17.7 Å². The topological polar surface area (TPSA) is 83.4 Å². The molecule has 4 aromatic rings. The summed E-state index contributed by atoms with van der Waals surface area (Å²) in [6.07, 6.45) is 11.7. The van der Waals surface area contributed by atoms with Gasteiger partial charge in [-0.25, -0.2) is 19.3 Å². The number of ether oxygens (including phenoxy) is 1. The maximum Gasteiger partial charge on any atom is 0.173 e.